The average Bonchev–Trinajstić information content (AvgIpc) is 2.41. The molecule has 5 nitrogen and oxygen atoms in total. The molecule has 0 unspecified atom stereocenters. The summed E-state index contributed by atoms with van der Waals surface area (Å²) >= 11 is 11.0. The first kappa shape index (κ1) is 16.7. The van der Waals surface area contributed by atoms with Crippen LogP contribution in [0.25, 0.3) is 0 Å². The van der Waals surface area contributed by atoms with E-state index in [1.54, 1.807) is 24.3 Å². The van der Waals surface area contributed by atoms with Crippen molar-refractivity contribution < 1.29 is 9.69 Å². The van der Waals surface area contributed by atoms with E-state index in [4.69, 9.17) is 23.8 Å². The molecule has 0 bridgehead atoms. The monoisotopic (exact) mass is 315 g/mol. The van der Waals surface area contributed by atoms with E-state index < -0.39 is 0 Å². The lowest BCUT2D eigenvalue weighted by molar-refractivity contribution is -0.858. The van der Waals surface area contributed by atoms with E-state index in [-0.39, 0.29) is 5.91 Å². The Hall–Kier alpha value is -1.37. The summed E-state index contributed by atoms with van der Waals surface area (Å²) in [6.45, 7) is 1.82. The Morgan fingerprint density at radius 1 is 1.30 bits per heavy atom. The average molecular weight is 316 g/mol. The van der Waals surface area contributed by atoms with Gasteiger partial charge >= 0.3 is 0 Å². The summed E-state index contributed by atoms with van der Waals surface area (Å²) < 4.78 is 0. The normalized spacial score (nSPS) is 10.2. The molecule has 4 N–H and O–H groups in total. The summed E-state index contributed by atoms with van der Waals surface area (Å²) in [7, 11) is 4.20. The molecule has 1 aromatic rings. The fourth-order valence-corrected chi connectivity index (χ4v) is 1.89. The largest absolute Gasteiger partial charge is 0.361 e. The van der Waals surface area contributed by atoms with Gasteiger partial charge in [0.05, 0.1) is 31.2 Å². The number of hydrogen-bond donors (Lipinski definition) is 4. The van der Waals surface area contributed by atoms with E-state index in [1.165, 1.54) is 4.90 Å². The van der Waals surface area contributed by atoms with Gasteiger partial charge in [0.25, 0.3) is 5.91 Å². The number of rotatable bonds is 5. The summed E-state index contributed by atoms with van der Waals surface area (Å²) in [5.74, 6) is -0.322. The topological polar surface area (TPSA) is 57.6 Å². The molecule has 1 rings (SSSR count). The molecule has 0 aliphatic heterocycles. The van der Waals surface area contributed by atoms with Crippen molar-refractivity contribution in [2.24, 2.45) is 0 Å². The first-order valence-electron chi connectivity index (χ1n) is 6.38. The Morgan fingerprint density at radius 2 is 2.00 bits per heavy atom. The van der Waals surface area contributed by atoms with Crippen molar-refractivity contribution >= 4 is 34.8 Å². The second-order valence-corrected chi connectivity index (χ2v) is 5.44. The first-order valence-corrected chi connectivity index (χ1v) is 7.17. The zero-order valence-electron chi connectivity index (χ0n) is 11.6. The fraction of sp³-hybridized carbons (Fsp3) is 0.385. The highest BCUT2D eigenvalue weighted by Crippen LogP contribution is 2.13. The summed E-state index contributed by atoms with van der Waals surface area (Å²) in [4.78, 5) is 13.2. The second-order valence-electron chi connectivity index (χ2n) is 4.63. The lowest BCUT2D eigenvalue weighted by atomic mass is 10.2. The summed E-state index contributed by atoms with van der Waals surface area (Å²) in [5.41, 5.74) is 5.56. The van der Waals surface area contributed by atoms with Crippen LogP contribution in [0, 0.1) is 0 Å². The molecule has 0 saturated carbocycles. The molecule has 1 amide bonds. The Labute approximate surface area is 129 Å². The molecule has 0 saturated heterocycles. The molecule has 0 radical (unpaired) electrons. The van der Waals surface area contributed by atoms with Crippen LogP contribution in [-0.4, -0.2) is 38.2 Å². The van der Waals surface area contributed by atoms with E-state index in [9.17, 15) is 4.79 Å². The van der Waals surface area contributed by atoms with Crippen LogP contribution in [0.4, 0.5) is 0 Å². The van der Waals surface area contributed by atoms with Crippen LogP contribution in [0.15, 0.2) is 24.3 Å². The molecule has 0 aliphatic rings. The lowest BCUT2D eigenvalue weighted by Gasteiger charge is -2.12. The molecular weight excluding hydrogens is 296 g/mol. The highest BCUT2D eigenvalue weighted by Gasteiger charge is 2.09. The van der Waals surface area contributed by atoms with Gasteiger partial charge in [-0.05, 0) is 24.4 Å². The Balaban J connectivity index is 2.27. The van der Waals surface area contributed by atoms with Gasteiger partial charge in [-0.1, -0.05) is 23.7 Å². The van der Waals surface area contributed by atoms with Crippen molar-refractivity contribution in [2.45, 2.75) is 6.42 Å². The van der Waals surface area contributed by atoms with Crippen LogP contribution in [-0.2, 0) is 0 Å². The smallest absolute Gasteiger partial charge is 0.271 e. The zero-order chi connectivity index (χ0) is 15.0. The molecular formula is C13H20ClN4OS+. The third-order valence-corrected chi connectivity index (χ3v) is 3.12. The van der Waals surface area contributed by atoms with E-state index in [2.05, 4.69) is 30.3 Å². The maximum atomic E-state index is 11.8. The number of halogens is 1. The second kappa shape index (κ2) is 8.73. The molecule has 0 fully saturated rings. The number of nitrogens with one attached hydrogen (secondary N) is 4. The van der Waals surface area contributed by atoms with Gasteiger partial charge in [0.2, 0.25) is 0 Å². The van der Waals surface area contributed by atoms with E-state index in [0.29, 0.717) is 15.7 Å². The van der Waals surface area contributed by atoms with Gasteiger partial charge in [0.1, 0.15) is 0 Å². The van der Waals surface area contributed by atoms with Gasteiger partial charge in [-0.25, -0.2) is 0 Å². The van der Waals surface area contributed by atoms with E-state index in [0.717, 1.165) is 19.5 Å². The Kier molecular flexibility index (Phi) is 7.28. The molecule has 0 heterocycles. The third-order valence-electron chi connectivity index (χ3n) is 2.55. The predicted molar refractivity (Wildman–Crippen MR) is 84.9 cm³/mol. The van der Waals surface area contributed by atoms with Crippen molar-refractivity contribution in [1.82, 2.24) is 16.2 Å². The maximum Gasteiger partial charge on any atom is 0.271 e. The minimum Gasteiger partial charge on any atom is -0.361 e. The minimum absolute atomic E-state index is 0.322. The van der Waals surface area contributed by atoms with Gasteiger partial charge in [0, 0.05) is 13.0 Å². The van der Waals surface area contributed by atoms with Crippen molar-refractivity contribution in [3.63, 3.8) is 0 Å². The summed E-state index contributed by atoms with van der Waals surface area (Å²) in [5, 5.41) is 3.81. The predicted octanol–water partition coefficient (Wildman–Crippen LogP) is -0.0165. The zero-order valence-corrected chi connectivity index (χ0v) is 13.2. The van der Waals surface area contributed by atoms with Crippen LogP contribution in [0.5, 0.6) is 0 Å². The van der Waals surface area contributed by atoms with Crippen LogP contribution >= 0.6 is 23.8 Å². The Morgan fingerprint density at radius 3 is 2.65 bits per heavy atom. The summed E-state index contributed by atoms with van der Waals surface area (Å²) in [6.07, 6.45) is 1.00. The molecule has 1 aromatic carbocycles. The van der Waals surface area contributed by atoms with E-state index in [1.807, 2.05) is 0 Å². The van der Waals surface area contributed by atoms with Gasteiger partial charge in [-0.3, -0.25) is 15.6 Å². The van der Waals surface area contributed by atoms with Crippen molar-refractivity contribution in [3.8, 4) is 0 Å². The molecule has 0 aromatic heterocycles. The molecule has 7 heteroatoms. The highest BCUT2D eigenvalue weighted by atomic mass is 35.5. The maximum absolute atomic E-state index is 11.8. The number of thiocarbonyl (C=S) groups is 1. The van der Waals surface area contributed by atoms with E-state index >= 15 is 0 Å². The van der Waals surface area contributed by atoms with Gasteiger partial charge in [0.15, 0.2) is 5.11 Å². The third kappa shape index (κ3) is 6.18. The van der Waals surface area contributed by atoms with Gasteiger partial charge < -0.3 is 10.2 Å². The number of carbonyl (C=O) groups excluding carboxylic acids is 1. The number of carbonyl (C=O) groups is 1. The standard InChI is InChI=1S/C13H19ClN4OS/c1-18(2)9-5-8-15-13(20)17-16-12(19)10-6-3-4-7-11(10)14/h3-4,6-7H,5,8-9H2,1-2H3,(H,16,19)(H2,15,17,20)/p+1. The van der Waals surface area contributed by atoms with Crippen LogP contribution in [0.2, 0.25) is 5.02 Å². The number of benzene rings is 1. The number of amides is 1. The van der Waals surface area contributed by atoms with Crippen molar-refractivity contribution in [2.75, 3.05) is 27.2 Å². The van der Waals surface area contributed by atoms with Gasteiger partial charge in [-0.2, -0.15) is 0 Å². The Bertz CT molecular complexity index is 467. The SMILES string of the molecule is C[NH+](C)CCCNC(=S)NNC(=O)c1ccccc1Cl. The molecule has 0 aliphatic carbocycles. The lowest BCUT2D eigenvalue weighted by Crippen LogP contribution is -3.05. The van der Waals surface area contributed by atoms with Crippen LogP contribution < -0.4 is 21.1 Å². The van der Waals surface area contributed by atoms with Crippen molar-refractivity contribution in [3.05, 3.63) is 34.9 Å². The molecule has 0 atom stereocenters. The highest BCUT2D eigenvalue weighted by molar-refractivity contribution is 7.80. The quantitative estimate of drug-likeness (QED) is 0.351. The number of quaternary nitrogens is 1. The molecule has 20 heavy (non-hydrogen) atoms. The molecule has 0 spiro atoms. The van der Waals surface area contributed by atoms with Crippen molar-refractivity contribution in [1.29, 1.82) is 0 Å². The number of hydrogen-bond acceptors (Lipinski definition) is 2. The van der Waals surface area contributed by atoms with Gasteiger partial charge in [-0.15, -0.1) is 0 Å². The number of hydrazine groups is 1. The first-order chi connectivity index (χ1) is 9.50. The minimum atomic E-state index is -0.322. The fourth-order valence-electron chi connectivity index (χ4n) is 1.51. The molecule has 110 valence electrons. The summed E-state index contributed by atoms with van der Waals surface area (Å²) in [6, 6.07) is 6.83. The van der Waals surface area contributed by atoms with Crippen LogP contribution in [0.1, 0.15) is 16.8 Å². The van der Waals surface area contributed by atoms with Crippen LogP contribution in [0.3, 0.4) is 0 Å².